The normalized spacial score (nSPS) is 16.2. The number of hydrogen-bond acceptors (Lipinski definition) is 3. The largest absolute Gasteiger partial charge is 0.463 e. The maximum Gasteiger partial charge on any atom is 0.263 e. The quantitative estimate of drug-likeness (QED) is 0.819. The monoisotopic (exact) mass is 377 g/mol. The molecule has 1 aromatic carbocycles. The van der Waals surface area contributed by atoms with Gasteiger partial charge in [0.25, 0.3) is 5.91 Å². The van der Waals surface area contributed by atoms with Crippen LogP contribution in [0, 0.1) is 0 Å². The minimum atomic E-state index is -0.538. The lowest BCUT2D eigenvalue weighted by atomic mass is 10.1. The van der Waals surface area contributed by atoms with Crippen LogP contribution in [0.1, 0.15) is 26.2 Å². The average Bonchev–Trinajstić information content (AvgIpc) is 2.96. The lowest BCUT2D eigenvalue weighted by molar-refractivity contribution is -0.139. The molecule has 1 saturated heterocycles. The number of piperidine rings is 1. The number of halogens is 1. The molecule has 1 atom stereocenters. The summed E-state index contributed by atoms with van der Waals surface area (Å²) >= 11 is 3.45. The van der Waals surface area contributed by atoms with Gasteiger partial charge in [-0.2, -0.15) is 0 Å². The molecule has 0 radical (unpaired) electrons. The molecule has 122 valence electrons. The molecule has 2 aromatic rings. The number of benzene rings is 1. The molecule has 23 heavy (non-hydrogen) atoms. The molecule has 1 fully saturated rings. The van der Waals surface area contributed by atoms with Crippen molar-refractivity contribution in [2.24, 2.45) is 0 Å². The molecule has 0 unspecified atom stereocenters. The van der Waals surface area contributed by atoms with Crippen LogP contribution in [0.5, 0.6) is 5.88 Å². The van der Waals surface area contributed by atoms with Crippen molar-refractivity contribution >= 4 is 21.8 Å². The Bertz CT molecular complexity index is 666. The number of carbonyl (C=O) groups is 1. The van der Waals surface area contributed by atoms with Crippen LogP contribution in [0.3, 0.4) is 0 Å². The third-order valence-electron chi connectivity index (χ3n) is 3.96. The Labute approximate surface area is 144 Å². The summed E-state index contributed by atoms with van der Waals surface area (Å²) in [4.78, 5) is 14.3. The van der Waals surface area contributed by atoms with E-state index in [2.05, 4.69) is 21.0 Å². The zero-order valence-corrected chi connectivity index (χ0v) is 14.7. The molecule has 2 heterocycles. The number of aromatic nitrogens is 2. The van der Waals surface area contributed by atoms with Crippen LogP contribution in [0.4, 0.5) is 0 Å². The lowest BCUT2D eigenvalue weighted by Gasteiger charge is -2.28. The minimum absolute atomic E-state index is 0.0332. The van der Waals surface area contributed by atoms with Crippen LogP contribution in [-0.2, 0) is 4.79 Å². The summed E-state index contributed by atoms with van der Waals surface area (Å²) in [6, 6.07) is 9.79. The molecule has 0 bridgehead atoms. The highest BCUT2D eigenvalue weighted by molar-refractivity contribution is 9.10. The van der Waals surface area contributed by atoms with Crippen molar-refractivity contribution in [2.75, 3.05) is 13.1 Å². The molecule has 6 heteroatoms. The number of hydrogen-bond donors (Lipinski definition) is 0. The van der Waals surface area contributed by atoms with Crippen LogP contribution in [-0.4, -0.2) is 39.8 Å². The highest BCUT2D eigenvalue weighted by Gasteiger charge is 2.25. The van der Waals surface area contributed by atoms with Gasteiger partial charge in [0, 0.05) is 19.3 Å². The van der Waals surface area contributed by atoms with Gasteiger partial charge >= 0.3 is 0 Å². The first-order valence-corrected chi connectivity index (χ1v) is 8.70. The van der Waals surface area contributed by atoms with E-state index < -0.39 is 6.10 Å². The Morgan fingerprint density at radius 2 is 1.91 bits per heavy atom. The van der Waals surface area contributed by atoms with E-state index in [4.69, 9.17) is 4.74 Å². The molecule has 1 amide bonds. The van der Waals surface area contributed by atoms with Gasteiger partial charge < -0.3 is 9.64 Å². The maximum absolute atomic E-state index is 12.4. The summed E-state index contributed by atoms with van der Waals surface area (Å²) in [5.74, 6) is 0.470. The standard InChI is InChI=1S/C17H20BrN3O2/c1-13(17(22)20-10-6-3-7-11-20)23-16-15(18)12-21(19-16)14-8-4-2-5-9-14/h2,4-5,8-9,12-13H,3,6-7,10-11H2,1H3/t13-/m1/s1. The van der Waals surface area contributed by atoms with Crippen LogP contribution >= 0.6 is 15.9 Å². The number of nitrogens with zero attached hydrogens (tertiary/aromatic N) is 3. The van der Waals surface area contributed by atoms with Crippen molar-refractivity contribution in [2.45, 2.75) is 32.3 Å². The van der Waals surface area contributed by atoms with E-state index in [9.17, 15) is 4.79 Å². The smallest absolute Gasteiger partial charge is 0.263 e. The molecule has 0 N–H and O–H groups in total. The first-order valence-electron chi connectivity index (χ1n) is 7.91. The second-order valence-electron chi connectivity index (χ2n) is 5.71. The Morgan fingerprint density at radius 3 is 2.61 bits per heavy atom. The van der Waals surface area contributed by atoms with Crippen LogP contribution < -0.4 is 4.74 Å². The fourth-order valence-electron chi connectivity index (χ4n) is 2.72. The van der Waals surface area contributed by atoms with Crippen molar-refractivity contribution in [1.82, 2.24) is 14.7 Å². The van der Waals surface area contributed by atoms with Gasteiger partial charge in [0.1, 0.15) is 0 Å². The van der Waals surface area contributed by atoms with Crippen molar-refractivity contribution < 1.29 is 9.53 Å². The highest BCUT2D eigenvalue weighted by atomic mass is 79.9. The predicted molar refractivity (Wildman–Crippen MR) is 91.8 cm³/mol. The minimum Gasteiger partial charge on any atom is -0.463 e. The lowest BCUT2D eigenvalue weighted by Crippen LogP contribution is -2.43. The van der Waals surface area contributed by atoms with E-state index in [1.807, 2.05) is 41.4 Å². The number of ether oxygens (including phenoxy) is 1. The average molecular weight is 378 g/mol. The van der Waals surface area contributed by atoms with Crippen molar-refractivity contribution in [3.63, 3.8) is 0 Å². The second-order valence-corrected chi connectivity index (χ2v) is 6.56. The Morgan fingerprint density at radius 1 is 1.22 bits per heavy atom. The molecule has 1 aliphatic heterocycles. The van der Waals surface area contributed by atoms with Crippen molar-refractivity contribution in [3.8, 4) is 11.6 Å². The van der Waals surface area contributed by atoms with Gasteiger partial charge in [-0.15, -0.1) is 5.10 Å². The third-order valence-corrected chi connectivity index (χ3v) is 4.51. The summed E-state index contributed by atoms with van der Waals surface area (Å²) < 4.78 is 8.26. The van der Waals surface area contributed by atoms with E-state index in [0.29, 0.717) is 5.88 Å². The zero-order chi connectivity index (χ0) is 16.2. The van der Waals surface area contributed by atoms with Crippen LogP contribution in [0.15, 0.2) is 41.0 Å². The van der Waals surface area contributed by atoms with Gasteiger partial charge in [-0.1, -0.05) is 18.2 Å². The summed E-state index contributed by atoms with van der Waals surface area (Å²) in [7, 11) is 0. The van der Waals surface area contributed by atoms with Gasteiger partial charge in [-0.25, -0.2) is 4.68 Å². The van der Waals surface area contributed by atoms with Gasteiger partial charge in [0.2, 0.25) is 5.88 Å². The predicted octanol–water partition coefficient (Wildman–Crippen LogP) is 3.41. The molecule has 0 spiro atoms. The van der Waals surface area contributed by atoms with Gasteiger partial charge in [-0.3, -0.25) is 4.79 Å². The number of rotatable bonds is 4. The molecule has 5 nitrogen and oxygen atoms in total. The van der Waals surface area contributed by atoms with E-state index in [0.717, 1.165) is 36.1 Å². The number of carbonyl (C=O) groups excluding carboxylic acids is 1. The fraction of sp³-hybridized carbons (Fsp3) is 0.412. The highest BCUT2D eigenvalue weighted by Crippen LogP contribution is 2.26. The summed E-state index contributed by atoms with van der Waals surface area (Å²) in [6.45, 7) is 3.43. The van der Waals surface area contributed by atoms with Crippen LogP contribution in [0.25, 0.3) is 5.69 Å². The Hall–Kier alpha value is -1.82. The SMILES string of the molecule is C[C@@H](Oc1nn(-c2ccccc2)cc1Br)C(=O)N1CCCCC1. The van der Waals surface area contributed by atoms with E-state index in [1.165, 1.54) is 6.42 Å². The number of amides is 1. The van der Waals surface area contributed by atoms with Crippen molar-refractivity contribution in [1.29, 1.82) is 0 Å². The summed E-state index contributed by atoms with van der Waals surface area (Å²) in [5.41, 5.74) is 0.943. The molecule has 1 aromatic heterocycles. The third kappa shape index (κ3) is 3.75. The van der Waals surface area contributed by atoms with E-state index in [1.54, 1.807) is 11.6 Å². The first kappa shape index (κ1) is 16.1. The summed E-state index contributed by atoms with van der Waals surface area (Å²) in [6.07, 6.45) is 4.65. The maximum atomic E-state index is 12.4. The summed E-state index contributed by atoms with van der Waals surface area (Å²) in [5, 5.41) is 4.42. The topological polar surface area (TPSA) is 47.4 Å². The Kier molecular flexibility index (Phi) is 5.00. The zero-order valence-electron chi connectivity index (χ0n) is 13.1. The molecular formula is C17H20BrN3O2. The molecule has 1 aliphatic rings. The second kappa shape index (κ2) is 7.17. The van der Waals surface area contributed by atoms with Gasteiger partial charge in [0.05, 0.1) is 10.2 Å². The van der Waals surface area contributed by atoms with Gasteiger partial charge in [-0.05, 0) is 54.2 Å². The first-order chi connectivity index (χ1) is 11.1. The van der Waals surface area contributed by atoms with Crippen LogP contribution in [0.2, 0.25) is 0 Å². The molecule has 0 saturated carbocycles. The van der Waals surface area contributed by atoms with Gasteiger partial charge in [0.15, 0.2) is 6.10 Å². The van der Waals surface area contributed by atoms with E-state index >= 15 is 0 Å². The van der Waals surface area contributed by atoms with Crippen molar-refractivity contribution in [3.05, 3.63) is 41.0 Å². The number of para-hydroxylation sites is 1. The molecule has 0 aliphatic carbocycles. The number of likely N-dealkylation sites (tertiary alicyclic amines) is 1. The Balaban J connectivity index is 1.70. The van der Waals surface area contributed by atoms with E-state index in [-0.39, 0.29) is 5.91 Å². The molecular weight excluding hydrogens is 358 g/mol. The molecule has 3 rings (SSSR count). The fourth-order valence-corrected chi connectivity index (χ4v) is 3.09.